The van der Waals surface area contributed by atoms with Crippen molar-refractivity contribution in [2.45, 2.75) is 13.1 Å². The number of nitrogens with two attached hydrogens (primary N) is 1. The number of nitrogens with zero attached hydrogens (tertiary/aromatic N) is 2. The molecule has 3 heteroatoms. The van der Waals surface area contributed by atoms with Gasteiger partial charge in [0, 0.05) is 32.0 Å². The lowest BCUT2D eigenvalue weighted by Gasteiger charge is -2.06. The largest absolute Gasteiger partial charge is 0.353 e. The normalized spacial score (nSPS) is 11.1. The molecule has 0 aliphatic heterocycles. The Kier molecular flexibility index (Phi) is 2.89. The SMILES string of the molecule is CN(C)Cc1cc(CN)n(C)c1. The van der Waals surface area contributed by atoms with E-state index in [-0.39, 0.29) is 0 Å². The van der Waals surface area contributed by atoms with Gasteiger partial charge in [0.2, 0.25) is 0 Å². The van der Waals surface area contributed by atoms with Crippen molar-refractivity contribution in [3.05, 3.63) is 23.5 Å². The van der Waals surface area contributed by atoms with Gasteiger partial charge in [0.05, 0.1) is 0 Å². The Labute approximate surface area is 73.8 Å². The minimum Gasteiger partial charge on any atom is -0.353 e. The average molecular weight is 167 g/mol. The maximum Gasteiger partial charge on any atom is 0.0334 e. The molecule has 0 unspecified atom stereocenters. The van der Waals surface area contributed by atoms with Gasteiger partial charge in [0.15, 0.2) is 0 Å². The summed E-state index contributed by atoms with van der Waals surface area (Å²) in [5, 5.41) is 0. The smallest absolute Gasteiger partial charge is 0.0334 e. The molecule has 1 aromatic rings. The second-order valence-electron chi connectivity index (χ2n) is 3.39. The van der Waals surface area contributed by atoms with Crippen LogP contribution >= 0.6 is 0 Å². The van der Waals surface area contributed by atoms with E-state index in [0.29, 0.717) is 6.54 Å². The highest BCUT2D eigenvalue weighted by Gasteiger charge is 2.01. The molecule has 0 aliphatic rings. The van der Waals surface area contributed by atoms with Crippen molar-refractivity contribution in [2.24, 2.45) is 12.8 Å². The van der Waals surface area contributed by atoms with Crippen LogP contribution in [0.15, 0.2) is 12.3 Å². The summed E-state index contributed by atoms with van der Waals surface area (Å²) in [6.45, 7) is 1.60. The summed E-state index contributed by atoms with van der Waals surface area (Å²) in [6.07, 6.45) is 2.13. The lowest BCUT2D eigenvalue weighted by Crippen LogP contribution is -2.09. The molecule has 12 heavy (non-hydrogen) atoms. The predicted octanol–water partition coefficient (Wildman–Crippen LogP) is 0.545. The molecule has 0 amide bonds. The van der Waals surface area contributed by atoms with Gasteiger partial charge in [-0.2, -0.15) is 0 Å². The summed E-state index contributed by atoms with van der Waals surface area (Å²) in [6, 6.07) is 2.15. The van der Waals surface area contributed by atoms with Gasteiger partial charge in [-0.05, 0) is 25.7 Å². The molecule has 1 aromatic heterocycles. The van der Waals surface area contributed by atoms with Crippen LogP contribution < -0.4 is 5.73 Å². The van der Waals surface area contributed by atoms with Crippen molar-refractivity contribution in [3.8, 4) is 0 Å². The van der Waals surface area contributed by atoms with Crippen LogP contribution in [0.5, 0.6) is 0 Å². The van der Waals surface area contributed by atoms with Gasteiger partial charge in [-0.15, -0.1) is 0 Å². The highest BCUT2D eigenvalue weighted by Crippen LogP contribution is 2.07. The highest BCUT2D eigenvalue weighted by molar-refractivity contribution is 5.18. The molecule has 0 aromatic carbocycles. The Morgan fingerprint density at radius 2 is 2.17 bits per heavy atom. The summed E-state index contributed by atoms with van der Waals surface area (Å²) in [5.41, 5.74) is 8.07. The fourth-order valence-electron chi connectivity index (χ4n) is 1.34. The average Bonchev–Trinajstić information content (AvgIpc) is 2.29. The van der Waals surface area contributed by atoms with Gasteiger partial charge >= 0.3 is 0 Å². The third-order valence-electron chi connectivity index (χ3n) is 1.87. The van der Waals surface area contributed by atoms with E-state index in [0.717, 1.165) is 6.54 Å². The van der Waals surface area contributed by atoms with Crippen molar-refractivity contribution in [1.29, 1.82) is 0 Å². The lowest BCUT2D eigenvalue weighted by atomic mass is 10.3. The minimum atomic E-state index is 0.615. The predicted molar refractivity (Wildman–Crippen MR) is 50.7 cm³/mol. The second kappa shape index (κ2) is 3.74. The molecule has 3 nitrogen and oxygen atoms in total. The van der Waals surface area contributed by atoms with E-state index in [1.807, 2.05) is 7.05 Å². The molecule has 0 saturated carbocycles. The van der Waals surface area contributed by atoms with Gasteiger partial charge in [-0.3, -0.25) is 0 Å². The summed E-state index contributed by atoms with van der Waals surface area (Å²) < 4.78 is 2.08. The molecular weight excluding hydrogens is 150 g/mol. The van der Waals surface area contributed by atoms with Crippen molar-refractivity contribution < 1.29 is 0 Å². The zero-order valence-electron chi connectivity index (χ0n) is 8.04. The van der Waals surface area contributed by atoms with Crippen LogP contribution in [0.3, 0.4) is 0 Å². The van der Waals surface area contributed by atoms with E-state index in [1.54, 1.807) is 0 Å². The first-order chi connectivity index (χ1) is 5.63. The fraction of sp³-hybridized carbons (Fsp3) is 0.556. The molecule has 0 saturated heterocycles. The summed E-state index contributed by atoms with van der Waals surface area (Å²) in [7, 11) is 6.16. The number of aromatic nitrogens is 1. The standard InChI is InChI=1S/C9H17N3/c1-11(2)6-8-4-9(5-10)12(3)7-8/h4,7H,5-6,10H2,1-3H3. The Hall–Kier alpha value is -0.800. The Balaban J connectivity index is 2.75. The monoisotopic (exact) mass is 167 g/mol. The van der Waals surface area contributed by atoms with Crippen molar-refractivity contribution in [2.75, 3.05) is 14.1 Å². The molecular formula is C9H17N3. The maximum atomic E-state index is 5.56. The van der Waals surface area contributed by atoms with Gasteiger partial charge in [0.25, 0.3) is 0 Å². The molecule has 0 atom stereocenters. The van der Waals surface area contributed by atoms with Crippen molar-refractivity contribution >= 4 is 0 Å². The van der Waals surface area contributed by atoms with Crippen LogP contribution in [-0.2, 0) is 20.1 Å². The van der Waals surface area contributed by atoms with Gasteiger partial charge in [-0.1, -0.05) is 0 Å². The van der Waals surface area contributed by atoms with Crippen molar-refractivity contribution in [1.82, 2.24) is 9.47 Å². The van der Waals surface area contributed by atoms with E-state index in [2.05, 4.69) is 35.8 Å². The van der Waals surface area contributed by atoms with Crippen LogP contribution in [-0.4, -0.2) is 23.6 Å². The molecule has 68 valence electrons. The number of rotatable bonds is 3. The molecule has 0 aliphatic carbocycles. The van der Waals surface area contributed by atoms with E-state index < -0.39 is 0 Å². The Bertz CT molecular complexity index is 250. The molecule has 0 bridgehead atoms. The van der Waals surface area contributed by atoms with Gasteiger partial charge < -0.3 is 15.2 Å². The lowest BCUT2D eigenvalue weighted by molar-refractivity contribution is 0.402. The highest BCUT2D eigenvalue weighted by atomic mass is 15.1. The molecule has 0 radical (unpaired) electrons. The van der Waals surface area contributed by atoms with Crippen LogP contribution in [0.1, 0.15) is 11.3 Å². The zero-order valence-corrected chi connectivity index (χ0v) is 8.04. The minimum absolute atomic E-state index is 0.615. The zero-order chi connectivity index (χ0) is 9.14. The van der Waals surface area contributed by atoms with Crippen LogP contribution in [0.4, 0.5) is 0 Å². The van der Waals surface area contributed by atoms with Gasteiger partial charge in [-0.25, -0.2) is 0 Å². The van der Waals surface area contributed by atoms with Crippen molar-refractivity contribution in [3.63, 3.8) is 0 Å². The number of aryl methyl sites for hydroxylation is 1. The van der Waals surface area contributed by atoms with Crippen LogP contribution in [0, 0.1) is 0 Å². The first-order valence-corrected chi connectivity index (χ1v) is 4.12. The van der Waals surface area contributed by atoms with E-state index in [4.69, 9.17) is 5.73 Å². The Morgan fingerprint density at radius 1 is 1.50 bits per heavy atom. The molecule has 0 fully saturated rings. The number of hydrogen-bond acceptors (Lipinski definition) is 2. The molecule has 2 N–H and O–H groups in total. The third kappa shape index (κ3) is 2.09. The summed E-state index contributed by atoms with van der Waals surface area (Å²) in [5.74, 6) is 0. The third-order valence-corrected chi connectivity index (χ3v) is 1.87. The summed E-state index contributed by atoms with van der Waals surface area (Å²) in [4.78, 5) is 2.15. The van der Waals surface area contributed by atoms with E-state index in [9.17, 15) is 0 Å². The fourth-order valence-corrected chi connectivity index (χ4v) is 1.34. The molecule has 0 spiro atoms. The molecule has 1 heterocycles. The van der Waals surface area contributed by atoms with E-state index in [1.165, 1.54) is 11.3 Å². The topological polar surface area (TPSA) is 34.2 Å². The van der Waals surface area contributed by atoms with Crippen LogP contribution in [0.2, 0.25) is 0 Å². The van der Waals surface area contributed by atoms with Gasteiger partial charge in [0.1, 0.15) is 0 Å². The molecule has 1 rings (SSSR count). The first-order valence-electron chi connectivity index (χ1n) is 4.12. The quantitative estimate of drug-likeness (QED) is 0.713. The van der Waals surface area contributed by atoms with E-state index >= 15 is 0 Å². The van der Waals surface area contributed by atoms with Crippen LogP contribution in [0.25, 0.3) is 0 Å². The first kappa shape index (κ1) is 9.29. The summed E-state index contributed by atoms with van der Waals surface area (Å²) >= 11 is 0. The second-order valence-corrected chi connectivity index (χ2v) is 3.39. The Morgan fingerprint density at radius 3 is 2.58 bits per heavy atom. The maximum absolute atomic E-state index is 5.56. The number of hydrogen-bond donors (Lipinski definition) is 1.